The summed E-state index contributed by atoms with van der Waals surface area (Å²) in [7, 11) is 1.71. The molecule has 1 fully saturated rings. The van der Waals surface area contributed by atoms with E-state index in [2.05, 4.69) is 15.6 Å². The number of carbonyl (C=O) groups is 1. The molecule has 0 radical (unpaired) electrons. The van der Waals surface area contributed by atoms with E-state index in [4.69, 9.17) is 5.73 Å². The van der Waals surface area contributed by atoms with Crippen LogP contribution in [0.25, 0.3) is 0 Å². The van der Waals surface area contributed by atoms with Gasteiger partial charge in [0.2, 0.25) is 5.91 Å². The normalized spacial score (nSPS) is 15.9. The van der Waals surface area contributed by atoms with Gasteiger partial charge >= 0.3 is 0 Å². The number of nitrogens with one attached hydrogen (secondary N) is 2. The SMILES string of the molecule is CN=C(NCCCC1CCCC1)NCC(Cc1ccc(F)cc1)C(N)=O.I. The number of guanidine groups is 1. The molecule has 0 heterocycles. The second kappa shape index (κ2) is 12.9. The first-order valence-corrected chi connectivity index (χ1v) is 9.56. The van der Waals surface area contributed by atoms with Crippen molar-refractivity contribution in [2.75, 3.05) is 20.1 Å². The van der Waals surface area contributed by atoms with Crippen LogP contribution < -0.4 is 16.4 Å². The second-order valence-corrected chi connectivity index (χ2v) is 7.10. The summed E-state index contributed by atoms with van der Waals surface area (Å²) < 4.78 is 13.0. The monoisotopic (exact) mass is 490 g/mol. The maximum atomic E-state index is 13.0. The van der Waals surface area contributed by atoms with Gasteiger partial charge in [0.25, 0.3) is 0 Å². The number of aliphatic imine (C=N–C) groups is 1. The van der Waals surface area contributed by atoms with Gasteiger partial charge in [-0.3, -0.25) is 9.79 Å². The van der Waals surface area contributed by atoms with Crippen molar-refractivity contribution in [3.8, 4) is 0 Å². The minimum absolute atomic E-state index is 0. The second-order valence-electron chi connectivity index (χ2n) is 7.10. The molecule has 1 amide bonds. The highest BCUT2D eigenvalue weighted by molar-refractivity contribution is 14.0. The maximum Gasteiger partial charge on any atom is 0.222 e. The third-order valence-electron chi connectivity index (χ3n) is 5.09. The molecular formula is C20H32FIN4O. The first-order valence-electron chi connectivity index (χ1n) is 9.56. The molecule has 27 heavy (non-hydrogen) atoms. The van der Waals surface area contributed by atoms with Gasteiger partial charge in [-0.25, -0.2) is 4.39 Å². The van der Waals surface area contributed by atoms with Crippen molar-refractivity contribution in [3.63, 3.8) is 0 Å². The molecule has 1 aliphatic rings. The standard InChI is InChI=1S/C20H31FN4O.HI/c1-23-20(24-12-4-7-15-5-2-3-6-15)25-14-17(19(22)26)13-16-8-10-18(21)11-9-16;/h8-11,15,17H,2-7,12-14H2,1H3,(H2,22,26)(H2,23,24,25);1H. The molecular weight excluding hydrogens is 458 g/mol. The molecule has 2 rings (SSSR count). The summed E-state index contributed by atoms with van der Waals surface area (Å²) in [6.45, 7) is 1.27. The highest BCUT2D eigenvalue weighted by Crippen LogP contribution is 2.28. The largest absolute Gasteiger partial charge is 0.369 e. The van der Waals surface area contributed by atoms with Crippen LogP contribution in [0.2, 0.25) is 0 Å². The number of amides is 1. The fourth-order valence-electron chi connectivity index (χ4n) is 3.52. The highest BCUT2D eigenvalue weighted by Gasteiger charge is 2.17. The zero-order valence-corrected chi connectivity index (χ0v) is 18.4. The van der Waals surface area contributed by atoms with Gasteiger partial charge in [0.15, 0.2) is 5.96 Å². The third kappa shape index (κ3) is 8.90. The van der Waals surface area contributed by atoms with Gasteiger partial charge in [-0.15, -0.1) is 24.0 Å². The van der Waals surface area contributed by atoms with Gasteiger partial charge in [0, 0.05) is 20.1 Å². The van der Waals surface area contributed by atoms with E-state index in [1.54, 1.807) is 19.2 Å². The number of primary amides is 1. The van der Waals surface area contributed by atoms with Crippen molar-refractivity contribution in [3.05, 3.63) is 35.6 Å². The Balaban J connectivity index is 0.00000364. The van der Waals surface area contributed by atoms with E-state index in [9.17, 15) is 9.18 Å². The molecule has 7 heteroatoms. The van der Waals surface area contributed by atoms with Crippen LogP contribution in [0, 0.1) is 17.7 Å². The molecule has 0 aromatic heterocycles. The average Bonchev–Trinajstić information content (AvgIpc) is 3.15. The summed E-state index contributed by atoms with van der Waals surface area (Å²) >= 11 is 0. The van der Waals surface area contributed by atoms with Crippen molar-refractivity contribution in [1.82, 2.24) is 10.6 Å². The van der Waals surface area contributed by atoms with Crippen LogP contribution in [0.5, 0.6) is 0 Å². The van der Waals surface area contributed by atoms with Crippen LogP contribution in [-0.2, 0) is 11.2 Å². The van der Waals surface area contributed by atoms with Crippen LogP contribution in [0.4, 0.5) is 4.39 Å². The molecule has 4 N–H and O–H groups in total. The third-order valence-corrected chi connectivity index (χ3v) is 5.09. The summed E-state index contributed by atoms with van der Waals surface area (Å²) in [5.74, 6) is 0.532. The highest BCUT2D eigenvalue weighted by atomic mass is 127. The fraction of sp³-hybridized carbons (Fsp3) is 0.600. The van der Waals surface area contributed by atoms with Gasteiger partial charge in [0.05, 0.1) is 5.92 Å². The smallest absolute Gasteiger partial charge is 0.222 e. The minimum Gasteiger partial charge on any atom is -0.369 e. The van der Waals surface area contributed by atoms with E-state index in [0.29, 0.717) is 18.9 Å². The minimum atomic E-state index is -0.377. The van der Waals surface area contributed by atoms with Crippen molar-refractivity contribution in [1.29, 1.82) is 0 Å². The van der Waals surface area contributed by atoms with Crippen LogP contribution in [0.1, 0.15) is 44.1 Å². The Hall–Kier alpha value is -1.38. The molecule has 0 aliphatic heterocycles. The van der Waals surface area contributed by atoms with Gasteiger partial charge < -0.3 is 16.4 Å². The quantitative estimate of drug-likeness (QED) is 0.215. The molecule has 5 nitrogen and oxygen atoms in total. The number of halogens is 2. The predicted molar refractivity (Wildman–Crippen MR) is 119 cm³/mol. The van der Waals surface area contributed by atoms with E-state index >= 15 is 0 Å². The molecule has 1 unspecified atom stereocenters. The number of rotatable bonds is 9. The number of hydrogen-bond acceptors (Lipinski definition) is 2. The average molecular weight is 490 g/mol. The Morgan fingerprint density at radius 3 is 2.52 bits per heavy atom. The predicted octanol–water partition coefficient (Wildman–Crippen LogP) is 3.22. The van der Waals surface area contributed by atoms with Crippen molar-refractivity contribution in [2.24, 2.45) is 22.6 Å². The molecule has 1 aromatic rings. The lowest BCUT2D eigenvalue weighted by molar-refractivity contribution is -0.121. The van der Waals surface area contributed by atoms with E-state index in [-0.39, 0.29) is 41.6 Å². The summed E-state index contributed by atoms with van der Waals surface area (Å²) in [5.41, 5.74) is 6.41. The number of nitrogens with two attached hydrogens (primary N) is 1. The first kappa shape index (κ1) is 23.7. The van der Waals surface area contributed by atoms with Crippen molar-refractivity contribution >= 4 is 35.8 Å². The van der Waals surface area contributed by atoms with Crippen molar-refractivity contribution < 1.29 is 9.18 Å². The zero-order chi connectivity index (χ0) is 18.8. The summed E-state index contributed by atoms with van der Waals surface area (Å²) in [5, 5.41) is 6.47. The molecule has 1 atom stereocenters. The number of nitrogens with zero attached hydrogens (tertiary/aromatic N) is 1. The zero-order valence-electron chi connectivity index (χ0n) is 16.0. The number of carbonyl (C=O) groups excluding carboxylic acids is 1. The van der Waals surface area contributed by atoms with E-state index < -0.39 is 0 Å². The maximum absolute atomic E-state index is 13.0. The lowest BCUT2D eigenvalue weighted by Crippen LogP contribution is -2.43. The molecule has 0 saturated heterocycles. The summed E-state index contributed by atoms with van der Waals surface area (Å²) in [6, 6.07) is 6.15. The van der Waals surface area contributed by atoms with Gasteiger partial charge in [0.1, 0.15) is 5.82 Å². The van der Waals surface area contributed by atoms with Gasteiger partial charge in [-0.05, 0) is 42.9 Å². The number of benzene rings is 1. The Bertz CT molecular complexity index is 588. The molecule has 0 bridgehead atoms. The molecule has 1 saturated carbocycles. The van der Waals surface area contributed by atoms with E-state index in [0.717, 1.165) is 24.4 Å². The Kier molecular flexibility index (Phi) is 11.3. The van der Waals surface area contributed by atoms with Crippen molar-refractivity contribution in [2.45, 2.75) is 44.9 Å². The molecule has 152 valence electrons. The Morgan fingerprint density at radius 2 is 1.93 bits per heavy atom. The van der Waals surface area contributed by atoms with Gasteiger partial charge in [-0.1, -0.05) is 37.8 Å². The van der Waals surface area contributed by atoms with Crippen LogP contribution >= 0.6 is 24.0 Å². The van der Waals surface area contributed by atoms with E-state index in [1.807, 2.05) is 0 Å². The van der Waals surface area contributed by atoms with Crippen LogP contribution in [0.15, 0.2) is 29.3 Å². The van der Waals surface area contributed by atoms with Crippen LogP contribution in [0.3, 0.4) is 0 Å². The Morgan fingerprint density at radius 1 is 1.26 bits per heavy atom. The summed E-state index contributed by atoms with van der Waals surface area (Å²) in [4.78, 5) is 15.9. The summed E-state index contributed by atoms with van der Waals surface area (Å²) in [6.07, 6.45) is 8.36. The van der Waals surface area contributed by atoms with Crippen LogP contribution in [-0.4, -0.2) is 32.0 Å². The molecule has 1 aromatic carbocycles. The topological polar surface area (TPSA) is 79.5 Å². The van der Waals surface area contributed by atoms with Gasteiger partial charge in [-0.2, -0.15) is 0 Å². The molecule has 1 aliphatic carbocycles. The molecule has 0 spiro atoms. The number of hydrogen-bond donors (Lipinski definition) is 3. The Labute approximate surface area is 178 Å². The lowest BCUT2D eigenvalue weighted by Gasteiger charge is -2.17. The lowest BCUT2D eigenvalue weighted by atomic mass is 9.98. The first-order chi connectivity index (χ1) is 12.6. The van der Waals surface area contributed by atoms with E-state index in [1.165, 1.54) is 44.2 Å². The fourth-order valence-corrected chi connectivity index (χ4v) is 3.52.